The van der Waals surface area contributed by atoms with Crippen LogP contribution in [-0.2, 0) is 12.5 Å². The van der Waals surface area contributed by atoms with Gasteiger partial charge in [0.1, 0.15) is 7.05 Å². The zero-order valence-electron chi connectivity index (χ0n) is 25.1. The van der Waals surface area contributed by atoms with Crippen molar-refractivity contribution in [1.82, 2.24) is 4.57 Å². The molecule has 7 rings (SSSR count). The molecule has 0 saturated carbocycles. The van der Waals surface area contributed by atoms with E-state index in [0.29, 0.717) is 12.1 Å². The molecule has 2 nitrogen and oxygen atoms in total. The third kappa shape index (κ3) is 3.59. The molecule has 2 heteroatoms. The standard InChI is InChI=1S/C37H33N2/c1-24-27-12-6-7-13-29(27)33(37(2,3)4)23-32(24)36-28-19-18-26(22-25(28)20-21-38(36)5)39-34-16-10-8-14-30(34)31-15-9-11-17-35(31)39/h6-23H,1-5H3/q+1/i16D,17D. The summed E-state index contributed by atoms with van der Waals surface area (Å²) in [6, 6.07) is 32.4. The molecule has 39 heavy (non-hydrogen) atoms. The highest BCUT2D eigenvalue weighted by Crippen LogP contribution is 2.39. The number of benzene rings is 5. The number of para-hydroxylation sites is 2. The minimum atomic E-state index is -0.00313. The second kappa shape index (κ2) is 8.54. The van der Waals surface area contributed by atoms with Gasteiger partial charge in [-0.1, -0.05) is 81.4 Å². The second-order valence-corrected chi connectivity index (χ2v) is 11.6. The van der Waals surface area contributed by atoms with E-state index in [9.17, 15) is 0 Å². The topological polar surface area (TPSA) is 8.81 Å². The van der Waals surface area contributed by atoms with Crippen LogP contribution in [0.25, 0.3) is 60.3 Å². The molecule has 0 unspecified atom stereocenters. The minimum Gasteiger partial charge on any atom is -0.309 e. The van der Waals surface area contributed by atoms with Gasteiger partial charge in [-0.15, -0.1) is 0 Å². The molecule has 0 aliphatic heterocycles. The van der Waals surface area contributed by atoms with E-state index in [-0.39, 0.29) is 5.41 Å². The molecule has 0 atom stereocenters. The number of fused-ring (bicyclic) bond motifs is 5. The first-order valence-electron chi connectivity index (χ1n) is 14.6. The van der Waals surface area contributed by atoms with Crippen LogP contribution in [0.2, 0.25) is 0 Å². The summed E-state index contributed by atoms with van der Waals surface area (Å²) in [5.74, 6) is 0. The van der Waals surface area contributed by atoms with E-state index < -0.39 is 0 Å². The second-order valence-electron chi connectivity index (χ2n) is 11.6. The quantitative estimate of drug-likeness (QED) is 0.206. The Bertz CT molecular complexity index is 2120. The number of pyridine rings is 1. The van der Waals surface area contributed by atoms with Crippen LogP contribution in [0.4, 0.5) is 0 Å². The van der Waals surface area contributed by atoms with E-state index in [4.69, 9.17) is 2.74 Å². The Balaban J connectivity index is 1.53. The van der Waals surface area contributed by atoms with E-state index in [2.05, 4.69) is 117 Å². The molecule has 0 spiro atoms. The predicted octanol–water partition coefficient (Wildman–Crippen LogP) is 9.19. The van der Waals surface area contributed by atoms with Crippen molar-refractivity contribution in [1.29, 1.82) is 0 Å². The highest BCUT2D eigenvalue weighted by atomic mass is 15.0. The van der Waals surface area contributed by atoms with Crippen molar-refractivity contribution < 1.29 is 7.31 Å². The molecule has 190 valence electrons. The Morgan fingerprint density at radius 3 is 1.97 bits per heavy atom. The largest absolute Gasteiger partial charge is 0.309 e. The number of aromatic nitrogens is 2. The average molecular weight is 508 g/mol. The minimum absolute atomic E-state index is 0.00313. The molecule has 5 aromatic carbocycles. The van der Waals surface area contributed by atoms with Gasteiger partial charge in [0.2, 0.25) is 5.69 Å². The van der Waals surface area contributed by atoms with Crippen LogP contribution in [0, 0.1) is 6.92 Å². The highest BCUT2D eigenvalue weighted by molar-refractivity contribution is 6.09. The highest BCUT2D eigenvalue weighted by Gasteiger charge is 2.25. The molecule has 7 aromatic rings. The summed E-state index contributed by atoms with van der Waals surface area (Å²) in [6.07, 6.45) is 2.14. The monoisotopic (exact) mass is 507 g/mol. The fourth-order valence-corrected chi connectivity index (χ4v) is 6.25. The van der Waals surface area contributed by atoms with Gasteiger partial charge in [0.25, 0.3) is 0 Å². The lowest BCUT2D eigenvalue weighted by molar-refractivity contribution is -0.659. The van der Waals surface area contributed by atoms with E-state index in [1.54, 1.807) is 0 Å². The first kappa shape index (κ1) is 21.5. The third-order valence-electron chi connectivity index (χ3n) is 8.16. The van der Waals surface area contributed by atoms with Crippen molar-refractivity contribution >= 4 is 43.4 Å². The van der Waals surface area contributed by atoms with E-state index in [0.717, 1.165) is 32.9 Å². The lowest BCUT2D eigenvalue weighted by Crippen LogP contribution is -2.31. The summed E-state index contributed by atoms with van der Waals surface area (Å²) in [6.45, 7) is 9.10. The first-order valence-corrected chi connectivity index (χ1v) is 13.6. The summed E-state index contributed by atoms with van der Waals surface area (Å²) in [7, 11) is 2.12. The molecule has 2 heterocycles. The van der Waals surface area contributed by atoms with Crippen LogP contribution in [-0.4, -0.2) is 4.57 Å². The van der Waals surface area contributed by atoms with E-state index in [1.165, 1.54) is 38.5 Å². The third-order valence-corrected chi connectivity index (χ3v) is 8.16. The van der Waals surface area contributed by atoms with Crippen molar-refractivity contribution in [2.45, 2.75) is 33.1 Å². The van der Waals surface area contributed by atoms with Crippen LogP contribution in [0.1, 0.15) is 34.6 Å². The predicted molar refractivity (Wildman–Crippen MR) is 166 cm³/mol. The molecule has 0 fully saturated rings. The fourth-order valence-electron chi connectivity index (χ4n) is 6.25. The maximum absolute atomic E-state index is 8.77. The maximum Gasteiger partial charge on any atom is 0.220 e. The van der Waals surface area contributed by atoms with Gasteiger partial charge in [-0.05, 0) is 76.0 Å². The van der Waals surface area contributed by atoms with Crippen LogP contribution in [0.5, 0.6) is 0 Å². The molecule has 0 N–H and O–H groups in total. The number of rotatable bonds is 2. The summed E-state index contributed by atoms with van der Waals surface area (Å²) in [5.41, 5.74) is 7.69. The van der Waals surface area contributed by atoms with Crippen LogP contribution >= 0.6 is 0 Å². The van der Waals surface area contributed by atoms with Gasteiger partial charge < -0.3 is 4.57 Å². The average Bonchev–Trinajstić information content (AvgIpc) is 3.30. The number of nitrogens with zero attached hydrogens (tertiary/aromatic N) is 2. The Morgan fingerprint density at radius 1 is 0.692 bits per heavy atom. The van der Waals surface area contributed by atoms with Gasteiger partial charge in [-0.25, -0.2) is 4.57 Å². The smallest absolute Gasteiger partial charge is 0.220 e. The lowest BCUT2D eigenvalue weighted by Gasteiger charge is -2.24. The molecule has 0 radical (unpaired) electrons. The summed E-state index contributed by atoms with van der Waals surface area (Å²) in [4.78, 5) is 0. The Labute approximate surface area is 232 Å². The molecule has 0 aliphatic carbocycles. The fraction of sp³-hybridized carbons (Fsp3) is 0.162. The number of hydrogen-bond acceptors (Lipinski definition) is 0. The maximum atomic E-state index is 8.77. The van der Waals surface area contributed by atoms with Crippen molar-refractivity contribution in [3.05, 3.63) is 120 Å². The molecule has 2 aromatic heterocycles. The molecule has 0 bridgehead atoms. The zero-order chi connectivity index (χ0) is 28.6. The van der Waals surface area contributed by atoms with Gasteiger partial charge in [0.15, 0.2) is 6.20 Å². The van der Waals surface area contributed by atoms with Crippen molar-refractivity contribution in [3.8, 4) is 16.9 Å². The Kier molecular flexibility index (Phi) is 4.71. The lowest BCUT2D eigenvalue weighted by atomic mass is 9.80. The number of hydrogen-bond donors (Lipinski definition) is 0. The van der Waals surface area contributed by atoms with Gasteiger partial charge in [0, 0.05) is 22.5 Å². The molecule has 0 aliphatic rings. The SMILES string of the molecule is [2H]c1cccc2c3cccc([2H])c3n(-c3ccc4c(-c5cc(C(C)(C)C)c6ccccc6c5C)[n+](C)ccc4c3)c12. The van der Waals surface area contributed by atoms with Gasteiger partial charge in [-0.2, -0.15) is 0 Å². The van der Waals surface area contributed by atoms with Crippen LogP contribution in [0.3, 0.4) is 0 Å². The van der Waals surface area contributed by atoms with Crippen molar-refractivity contribution in [2.24, 2.45) is 7.05 Å². The van der Waals surface area contributed by atoms with E-state index in [1.807, 2.05) is 24.3 Å². The zero-order valence-corrected chi connectivity index (χ0v) is 23.1. The van der Waals surface area contributed by atoms with Gasteiger partial charge in [0.05, 0.1) is 24.7 Å². The molecular weight excluding hydrogens is 472 g/mol. The normalized spacial score (nSPS) is 12.9. The first-order chi connectivity index (χ1) is 19.6. The molecular formula is C37H33N2+. The molecule has 0 saturated heterocycles. The van der Waals surface area contributed by atoms with Gasteiger partial charge in [-0.3, -0.25) is 0 Å². The van der Waals surface area contributed by atoms with Crippen LogP contribution < -0.4 is 4.57 Å². The Hall–Kier alpha value is -4.43. The van der Waals surface area contributed by atoms with Crippen molar-refractivity contribution in [3.63, 3.8) is 0 Å². The summed E-state index contributed by atoms with van der Waals surface area (Å²) < 4.78 is 21.9. The Morgan fingerprint density at radius 2 is 1.31 bits per heavy atom. The van der Waals surface area contributed by atoms with Gasteiger partial charge >= 0.3 is 0 Å². The number of aryl methyl sites for hydroxylation is 2. The summed E-state index contributed by atoms with van der Waals surface area (Å²) >= 11 is 0. The van der Waals surface area contributed by atoms with Crippen molar-refractivity contribution in [2.75, 3.05) is 0 Å². The van der Waals surface area contributed by atoms with Crippen LogP contribution in [0.15, 0.2) is 109 Å². The van der Waals surface area contributed by atoms with E-state index >= 15 is 0 Å². The molecule has 0 amide bonds. The summed E-state index contributed by atoms with van der Waals surface area (Å²) in [5, 5.41) is 6.91.